The summed E-state index contributed by atoms with van der Waals surface area (Å²) in [6.45, 7) is 3.21. The first-order valence-corrected chi connectivity index (χ1v) is 11.9. The predicted octanol–water partition coefficient (Wildman–Crippen LogP) is 5.60. The number of aromatic nitrogens is 1. The van der Waals surface area contributed by atoms with Crippen molar-refractivity contribution in [2.45, 2.75) is 38.0 Å². The Balaban J connectivity index is 1.76. The second-order valence-electron chi connectivity index (χ2n) is 8.98. The fraction of sp³-hybridized carbons (Fsp3) is 0.407. The minimum atomic E-state index is -0.389. The molecule has 1 fully saturated rings. The SMILES string of the molecule is CCCC1(c2nc(-c3ccc(OC)cc3)c(-c3ccc(OC)cc3)o2)CCN(C(=O)N(C)O)CC1. The normalized spacial score (nSPS) is 15.1. The van der Waals surface area contributed by atoms with Crippen LogP contribution in [0.2, 0.25) is 0 Å². The first-order chi connectivity index (χ1) is 16.9. The molecular formula is C27H33N3O5. The molecule has 4 rings (SSSR count). The van der Waals surface area contributed by atoms with Crippen LogP contribution in [-0.4, -0.2) is 60.5 Å². The van der Waals surface area contributed by atoms with Gasteiger partial charge in [0.15, 0.2) is 5.76 Å². The lowest BCUT2D eigenvalue weighted by Gasteiger charge is -2.40. The van der Waals surface area contributed by atoms with Crippen molar-refractivity contribution < 1.29 is 23.9 Å². The third-order valence-electron chi connectivity index (χ3n) is 6.79. The van der Waals surface area contributed by atoms with E-state index in [0.717, 1.165) is 41.2 Å². The molecule has 0 unspecified atom stereocenters. The van der Waals surface area contributed by atoms with Gasteiger partial charge in [0.05, 0.1) is 19.6 Å². The highest BCUT2D eigenvalue weighted by Gasteiger charge is 2.42. The Bertz CT molecular complexity index is 1070. The number of piperidine rings is 1. The van der Waals surface area contributed by atoms with Crippen LogP contribution in [0.1, 0.15) is 38.5 Å². The Morgan fingerprint density at radius 2 is 1.57 bits per heavy atom. The van der Waals surface area contributed by atoms with Crippen LogP contribution in [0.4, 0.5) is 4.79 Å². The maximum atomic E-state index is 12.3. The number of urea groups is 1. The van der Waals surface area contributed by atoms with E-state index in [2.05, 4.69) is 6.92 Å². The quantitative estimate of drug-likeness (QED) is 0.351. The van der Waals surface area contributed by atoms with Gasteiger partial charge in [-0.25, -0.2) is 14.8 Å². The van der Waals surface area contributed by atoms with Gasteiger partial charge in [-0.05, 0) is 67.8 Å². The van der Waals surface area contributed by atoms with Crippen LogP contribution in [0, 0.1) is 0 Å². The van der Waals surface area contributed by atoms with Crippen molar-refractivity contribution in [2.24, 2.45) is 0 Å². The molecule has 8 nitrogen and oxygen atoms in total. The molecule has 8 heteroatoms. The van der Waals surface area contributed by atoms with Crippen LogP contribution in [0.25, 0.3) is 22.6 Å². The molecule has 1 aromatic heterocycles. The van der Waals surface area contributed by atoms with Gasteiger partial charge in [0, 0.05) is 31.3 Å². The number of benzene rings is 2. The van der Waals surface area contributed by atoms with Gasteiger partial charge >= 0.3 is 6.03 Å². The minimum Gasteiger partial charge on any atom is -0.497 e. The molecule has 0 spiro atoms. The average molecular weight is 480 g/mol. The van der Waals surface area contributed by atoms with E-state index in [-0.39, 0.29) is 11.4 Å². The highest BCUT2D eigenvalue weighted by molar-refractivity contribution is 5.77. The Hall–Kier alpha value is -3.52. The van der Waals surface area contributed by atoms with E-state index in [4.69, 9.17) is 18.9 Å². The molecule has 2 amide bonds. The molecule has 0 atom stereocenters. The van der Waals surface area contributed by atoms with E-state index in [1.54, 1.807) is 19.1 Å². The van der Waals surface area contributed by atoms with E-state index in [1.807, 2.05) is 48.5 Å². The maximum absolute atomic E-state index is 12.3. The van der Waals surface area contributed by atoms with Crippen molar-refractivity contribution in [1.82, 2.24) is 14.9 Å². The van der Waals surface area contributed by atoms with Gasteiger partial charge in [-0.15, -0.1) is 0 Å². The van der Waals surface area contributed by atoms with Crippen LogP contribution in [-0.2, 0) is 5.41 Å². The van der Waals surface area contributed by atoms with Crippen LogP contribution in [0.3, 0.4) is 0 Å². The van der Waals surface area contributed by atoms with E-state index in [0.29, 0.717) is 42.6 Å². The van der Waals surface area contributed by atoms with Crippen molar-refractivity contribution in [3.8, 4) is 34.1 Å². The Morgan fingerprint density at radius 3 is 2.06 bits per heavy atom. The van der Waals surface area contributed by atoms with Gasteiger partial charge in [-0.3, -0.25) is 5.21 Å². The van der Waals surface area contributed by atoms with Crippen molar-refractivity contribution in [1.29, 1.82) is 0 Å². The molecule has 35 heavy (non-hydrogen) atoms. The fourth-order valence-electron chi connectivity index (χ4n) is 4.81. The summed E-state index contributed by atoms with van der Waals surface area (Å²) >= 11 is 0. The van der Waals surface area contributed by atoms with E-state index < -0.39 is 0 Å². The van der Waals surface area contributed by atoms with E-state index >= 15 is 0 Å². The lowest BCUT2D eigenvalue weighted by Crippen LogP contribution is -2.48. The highest BCUT2D eigenvalue weighted by atomic mass is 16.5. The molecule has 0 aliphatic carbocycles. The molecule has 1 N–H and O–H groups in total. The number of likely N-dealkylation sites (tertiary alicyclic amines) is 1. The van der Waals surface area contributed by atoms with E-state index in [9.17, 15) is 10.0 Å². The van der Waals surface area contributed by atoms with Gasteiger partial charge in [0.1, 0.15) is 17.2 Å². The van der Waals surface area contributed by atoms with Crippen molar-refractivity contribution in [3.05, 3.63) is 54.4 Å². The third-order valence-corrected chi connectivity index (χ3v) is 6.79. The summed E-state index contributed by atoms with van der Waals surface area (Å²) in [7, 11) is 4.64. The minimum absolute atomic E-state index is 0.286. The molecule has 0 bridgehead atoms. The zero-order chi connectivity index (χ0) is 25.0. The number of hydroxylamine groups is 2. The Labute approximate surface area is 206 Å². The van der Waals surface area contributed by atoms with Gasteiger partial charge in [0.2, 0.25) is 5.89 Å². The third kappa shape index (κ3) is 4.98. The van der Waals surface area contributed by atoms with Crippen molar-refractivity contribution in [2.75, 3.05) is 34.4 Å². The lowest BCUT2D eigenvalue weighted by molar-refractivity contribution is -0.0380. The van der Waals surface area contributed by atoms with Crippen LogP contribution in [0.15, 0.2) is 52.9 Å². The van der Waals surface area contributed by atoms with Crippen molar-refractivity contribution in [3.63, 3.8) is 0 Å². The number of methoxy groups -OCH3 is 2. The second kappa shape index (κ2) is 10.4. The molecule has 1 saturated heterocycles. The zero-order valence-corrected chi connectivity index (χ0v) is 20.8. The second-order valence-corrected chi connectivity index (χ2v) is 8.98. The number of rotatable bonds is 7. The highest BCUT2D eigenvalue weighted by Crippen LogP contribution is 2.44. The molecular weight excluding hydrogens is 446 g/mol. The molecule has 0 radical (unpaired) electrons. The number of hydrogen-bond donors (Lipinski definition) is 1. The zero-order valence-electron chi connectivity index (χ0n) is 20.8. The number of ether oxygens (including phenoxy) is 2. The van der Waals surface area contributed by atoms with Crippen LogP contribution in [0.5, 0.6) is 11.5 Å². The summed E-state index contributed by atoms with van der Waals surface area (Å²) in [4.78, 5) is 19.0. The summed E-state index contributed by atoms with van der Waals surface area (Å²) in [5.41, 5.74) is 2.34. The fourth-order valence-corrected chi connectivity index (χ4v) is 4.81. The maximum Gasteiger partial charge on any atom is 0.343 e. The summed E-state index contributed by atoms with van der Waals surface area (Å²) in [5.74, 6) is 2.95. The number of carbonyl (C=O) groups excluding carboxylic acids is 1. The molecule has 2 aromatic carbocycles. The Kier molecular flexibility index (Phi) is 7.31. The lowest BCUT2D eigenvalue weighted by atomic mass is 9.74. The van der Waals surface area contributed by atoms with E-state index in [1.165, 1.54) is 7.05 Å². The molecule has 3 aromatic rings. The Morgan fingerprint density at radius 1 is 1.03 bits per heavy atom. The molecule has 186 valence electrons. The average Bonchev–Trinajstić information content (AvgIpc) is 3.35. The monoisotopic (exact) mass is 479 g/mol. The van der Waals surface area contributed by atoms with Gasteiger partial charge < -0.3 is 18.8 Å². The summed E-state index contributed by atoms with van der Waals surface area (Å²) < 4.78 is 17.2. The smallest absolute Gasteiger partial charge is 0.343 e. The topological polar surface area (TPSA) is 88.3 Å². The number of amides is 2. The first-order valence-electron chi connectivity index (χ1n) is 11.9. The summed E-state index contributed by atoms with van der Waals surface area (Å²) in [6.07, 6.45) is 3.29. The molecule has 1 aliphatic rings. The molecule has 2 heterocycles. The van der Waals surface area contributed by atoms with Gasteiger partial charge in [0.25, 0.3) is 0 Å². The molecule has 0 saturated carbocycles. The standard InChI is InChI=1S/C27H33N3O5/c1-5-14-27(15-17-30(18-16-27)26(31)29(2)32)25-28-23(19-6-10-21(33-3)11-7-19)24(35-25)20-8-12-22(34-4)13-9-20/h6-13,32H,5,14-18H2,1-4H3. The summed E-state index contributed by atoms with van der Waals surface area (Å²) in [5, 5.41) is 10.2. The largest absolute Gasteiger partial charge is 0.497 e. The van der Waals surface area contributed by atoms with Crippen LogP contribution >= 0.6 is 0 Å². The molecule has 1 aliphatic heterocycles. The number of oxazole rings is 1. The number of nitrogens with zero attached hydrogens (tertiary/aromatic N) is 3. The van der Waals surface area contributed by atoms with Crippen molar-refractivity contribution >= 4 is 6.03 Å². The van der Waals surface area contributed by atoms with Gasteiger partial charge in [-0.1, -0.05) is 13.3 Å². The number of hydrogen-bond acceptors (Lipinski definition) is 6. The summed E-state index contributed by atoms with van der Waals surface area (Å²) in [6, 6.07) is 15.2. The number of carbonyl (C=O) groups is 1. The van der Waals surface area contributed by atoms with Gasteiger partial charge in [-0.2, -0.15) is 0 Å². The predicted molar refractivity (Wildman–Crippen MR) is 133 cm³/mol. The van der Waals surface area contributed by atoms with Crippen LogP contribution < -0.4 is 9.47 Å². The first kappa shape index (κ1) is 24.6.